The van der Waals surface area contributed by atoms with Crippen LogP contribution in [0.5, 0.6) is 0 Å². The third kappa shape index (κ3) is 2.06. The van der Waals surface area contributed by atoms with Crippen LogP contribution in [0.15, 0.2) is 42.6 Å². The Hall–Kier alpha value is -2.69. The van der Waals surface area contributed by atoms with Gasteiger partial charge in [-0.1, -0.05) is 12.1 Å². The molecule has 1 N–H and O–H groups in total. The number of hydrogen-bond acceptors (Lipinski definition) is 3. The van der Waals surface area contributed by atoms with Crippen LogP contribution in [0.3, 0.4) is 0 Å². The minimum atomic E-state index is -0.940. The van der Waals surface area contributed by atoms with E-state index in [0.717, 1.165) is 16.8 Å². The van der Waals surface area contributed by atoms with Crippen LogP contribution in [0.25, 0.3) is 17.0 Å². The van der Waals surface area contributed by atoms with E-state index >= 15 is 0 Å². The lowest BCUT2D eigenvalue weighted by atomic mass is 10.1. The van der Waals surface area contributed by atoms with Crippen LogP contribution in [-0.2, 0) is 0 Å². The molecule has 0 saturated carbocycles. The normalized spacial score (nSPS) is 10.8. The summed E-state index contributed by atoms with van der Waals surface area (Å²) in [5.74, 6) is -0.354. The van der Waals surface area contributed by atoms with Gasteiger partial charge in [0.25, 0.3) is 0 Å². The summed E-state index contributed by atoms with van der Waals surface area (Å²) in [5.41, 5.74) is 2.94. The molecule has 5 nitrogen and oxygen atoms in total. The average Bonchev–Trinajstić information content (AvgIpc) is 2.81. The fourth-order valence-corrected chi connectivity index (χ4v) is 1.87. The number of aromatic nitrogens is 3. The number of benzene rings is 1. The Morgan fingerprint density at radius 1 is 1.21 bits per heavy atom. The minimum Gasteiger partial charge on any atom is -0.478 e. The predicted octanol–water partition coefficient (Wildman–Crippen LogP) is 2.40. The van der Waals surface area contributed by atoms with Gasteiger partial charge in [-0.25, -0.2) is 14.3 Å². The lowest BCUT2D eigenvalue weighted by Gasteiger charge is -1.96. The Balaban J connectivity index is 2.06. The summed E-state index contributed by atoms with van der Waals surface area (Å²) in [5, 5.41) is 13.2. The van der Waals surface area contributed by atoms with E-state index in [4.69, 9.17) is 5.11 Å². The first-order chi connectivity index (χ1) is 9.13. The smallest absolute Gasteiger partial charge is 0.335 e. The fourth-order valence-electron chi connectivity index (χ4n) is 1.87. The maximum Gasteiger partial charge on any atom is 0.335 e. The third-order valence-corrected chi connectivity index (χ3v) is 2.88. The molecule has 3 aromatic rings. The molecule has 0 bridgehead atoms. The average molecular weight is 253 g/mol. The molecule has 0 aliphatic heterocycles. The van der Waals surface area contributed by atoms with Crippen LogP contribution in [0.2, 0.25) is 0 Å². The van der Waals surface area contributed by atoms with Crippen LogP contribution >= 0.6 is 0 Å². The highest BCUT2D eigenvalue weighted by molar-refractivity contribution is 5.88. The van der Waals surface area contributed by atoms with E-state index in [0.29, 0.717) is 5.82 Å². The number of carbonyl (C=O) groups is 1. The van der Waals surface area contributed by atoms with Crippen LogP contribution < -0.4 is 0 Å². The molecule has 5 heteroatoms. The summed E-state index contributed by atoms with van der Waals surface area (Å²) in [6.45, 7) is 2.00. The van der Waals surface area contributed by atoms with Crippen LogP contribution in [0, 0.1) is 6.92 Å². The molecule has 0 spiro atoms. The Morgan fingerprint density at radius 2 is 1.95 bits per heavy atom. The second kappa shape index (κ2) is 4.20. The van der Waals surface area contributed by atoms with E-state index in [-0.39, 0.29) is 5.56 Å². The van der Waals surface area contributed by atoms with Crippen LogP contribution in [0.1, 0.15) is 15.9 Å². The van der Waals surface area contributed by atoms with Gasteiger partial charge < -0.3 is 5.11 Å². The van der Waals surface area contributed by atoms with Crippen molar-refractivity contribution in [1.82, 2.24) is 14.6 Å². The molecule has 94 valence electrons. The third-order valence-electron chi connectivity index (χ3n) is 2.88. The number of carboxylic acids is 1. The lowest BCUT2D eigenvalue weighted by Crippen LogP contribution is -1.95. The van der Waals surface area contributed by atoms with Crippen LogP contribution in [-0.4, -0.2) is 25.7 Å². The highest BCUT2D eigenvalue weighted by Gasteiger charge is 2.08. The number of aromatic carboxylic acids is 1. The second-order valence-electron chi connectivity index (χ2n) is 4.32. The van der Waals surface area contributed by atoms with E-state index in [1.54, 1.807) is 28.8 Å². The van der Waals surface area contributed by atoms with Gasteiger partial charge in [-0.2, -0.15) is 0 Å². The fraction of sp³-hybridized carbons (Fsp3) is 0.0714. The quantitative estimate of drug-likeness (QED) is 0.761. The number of rotatable bonds is 2. The summed E-state index contributed by atoms with van der Waals surface area (Å²) in [4.78, 5) is 15.2. The molecular formula is C14H11N3O2. The molecular weight excluding hydrogens is 242 g/mol. The van der Waals surface area contributed by atoms with Gasteiger partial charge in [0, 0.05) is 11.8 Å². The van der Waals surface area contributed by atoms with E-state index < -0.39 is 5.97 Å². The van der Waals surface area contributed by atoms with Crippen molar-refractivity contribution < 1.29 is 9.90 Å². The van der Waals surface area contributed by atoms with Crippen molar-refractivity contribution >= 4 is 11.6 Å². The number of nitrogens with zero attached hydrogens (tertiary/aromatic N) is 3. The molecule has 0 aliphatic carbocycles. The second-order valence-corrected chi connectivity index (χ2v) is 4.32. The van der Waals surface area contributed by atoms with Gasteiger partial charge in [0.2, 0.25) is 0 Å². The van der Waals surface area contributed by atoms with Gasteiger partial charge in [0.05, 0.1) is 5.56 Å². The molecule has 0 atom stereocenters. The monoisotopic (exact) mass is 253 g/mol. The predicted molar refractivity (Wildman–Crippen MR) is 70.1 cm³/mol. The zero-order chi connectivity index (χ0) is 13.4. The van der Waals surface area contributed by atoms with Crippen LogP contribution in [0.4, 0.5) is 0 Å². The van der Waals surface area contributed by atoms with Crippen molar-refractivity contribution in [3.05, 3.63) is 53.7 Å². The molecule has 0 amide bonds. The molecule has 0 radical (unpaired) electrons. The molecule has 1 aromatic carbocycles. The minimum absolute atomic E-state index is 0.253. The number of carboxylic acid groups (broad SMARTS) is 1. The summed E-state index contributed by atoms with van der Waals surface area (Å²) < 4.78 is 1.70. The van der Waals surface area contributed by atoms with E-state index in [1.807, 2.05) is 25.3 Å². The molecule has 0 saturated heterocycles. The lowest BCUT2D eigenvalue weighted by molar-refractivity contribution is 0.0697. The molecule has 0 aliphatic rings. The zero-order valence-electron chi connectivity index (χ0n) is 10.2. The van der Waals surface area contributed by atoms with E-state index in [2.05, 4.69) is 10.1 Å². The largest absolute Gasteiger partial charge is 0.478 e. The first-order valence-electron chi connectivity index (χ1n) is 5.80. The number of aryl methyl sites for hydroxylation is 1. The molecule has 3 rings (SSSR count). The first-order valence-corrected chi connectivity index (χ1v) is 5.80. The molecule has 2 heterocycles. The van der Waals surface area contributed by atoms with Gasteiger partial charge in [-0.3, -0.25) is 0 Å². The van der Waals surface area contributed by atoms with Gasteiger partial charge in [-0.15, -0.1) is 5.10 Å². The van der Waals surface area contributed by atoms with E-state index in [9.17, 15) is 4.79 Å². The number of hydrogen-bond donors (Lipinski definition) is 1. The zero-order valence-corrected chi connectivity index (χ0v) is 10.2. The highest BCUT2D eigenvalue weighted by atomic mass is 16.4. The van der Waals surface area contributed by atoms with Gasteiger partial charge in [0.15, 0.2) is 11.5 Å². The Kier molecular flexibility index (Phi) is 2.52. The number of fused-ring (bicyclic) bond motifs is 1. The number of pyridine rings is 1. The Labute approximate surface area is 109 Å². The van der Waals surface area contributed by atoms with Crippen molar-refractivity contribution in [3.8, 4) is 11.4 Å². The van der Waals surface area contributed by atoms with Crippen molar-refractivity contribution in [3.63, 3.8) is 0 Å². The summed E-state index contributed by atoms with van der Waals surface area (Å²) in [6.07, 6.45) is 1.85. The van der Waals surface area contributed by atoms with Crippen molar-refractivity contribution in [1.29, 1.82) is 0 Å². The van der Waals surface area contributed by atoms with Crippen molar-refractivity contribution in [2.24, 2.45) is 0 Å². The molecule has 2 aromatic heterocycles. The standard InChI is InChI=1S/C14H11N3O2/c1-9-6-7-17-12(8-9)15-13(16-17)10-2-4-11(5-3-10)14(18)19/h2-8H,1H3,(H,18,19). The van der Waals surface area contributed by atoms with Gasteiger partial charge in [0.1, 0.15) is 0 Å². The Morgan fingerprint density at radius 3 is 2.63 bits per heavy atom. The maximum atomic E-state index is 10.8. The summed E-state index contributed by atoms with van der Waals surface area (Å²) in [7, 11) is 0. The SMILES string of the molecule is Cc1ccn2nc(-c3ccc(C(=O)O)cc3)nc2c1. The van der Waals surface area contributed by atoms with Gasteiger partial charge in [-0.05, 0) is 36.8 Å². The van der Waals surface area contributed by atoms with Gasteiger partial charge >= 0.3 is 5.97 Å². The highest BCUT2D eigenvalue weighted by Crippen LogP contribution is 2.17. The summed E-state index contributed by atoms with van der Waals surface area (Å²) >= 11 is 0. The van der Waals surface area contributed by atoms with Crippen molar-refractivity contribution in [2.45, 2.75) is 6.92 Å². The van der Waals surface area contributed by atoms with Crippen molar-refractivity contribution in [2.75, 3.05) is 0 Å². The topological polar surface area (TPSA) is 67.5 Å². The molecule has 0 unspecified atom stereocenters. The maximum absolute atomic E-state index is 10.8. The summed E-state index contributed by atoms with van der Waals surface area (Å²) in [6, 6.07) is 10.4. The Bertz CT molecular complexity index is 760. The first kappa shape index (κ1) is 11.4. The molecule has 0 fully saturated rings. The van der Waals surface area contributed by atoms with E-state index in [1.165, 1.54) is 0 Å². The molecule has 19 heavy (non-hydrogen) atoms.